The van der Waals surface area contributed by atoms with E-state index >= 15 is 0 Å². The first kappa shape index (κ1) is 12.9. The maximum atomic E-state index is 11.0. The molecule has 18 heavy (non-hydrogen) atoms. The summed E-state index contributed by atoms with van der Waals surface area (Å²) in [6.45, 7) is 2.22. The summed E-state index contributed by atoms with van der Waals surface area (Å²) in [4.78, 5) is 11.0. The van der Waals surface area contributed by atoms with Crippen LogP contribution >= 0.6 is 0 Å². The van der Waals surface area contributed by atoms with Gasteiger partial charge in [0.15, 0.2) is 0 Å². The minimum atomic E-state index is -0.888. The number of carbonyl (C=O) groups is 1. The molecule has 0 aromatic heterocycles. The van der Waals surface area contributed by atoms with Crippen LogP contribution in [0, 0.1) is 0 Å². The third kappa shape index (κ3) is 2.47. The minimum absolute atomic E-state index is 0.188. The van der Waals surface area contributed by atoms with Gasteiger partial charge in [-0.05, 0) is 13.0 Å². The van der Waals surface area contributed by atoms with E-state index < -0.39 is 12.0 Å². The van der Waals surface area contributed by atoms with Crippen LogP contribution in [-0.2, 0) is 9.53 Å². The Bertz CT molecular complexity index is 435. The monoisotopic (exact) mass is 251 g/mol. The number of morpholine rings is 1. The first-order valence-corrected chi connectivity index (χ1v) is 5.88. The number of ether oxygens (including phenoxy) is 2. The number of hydrogen-bond acceptors (Lipinski definition) is 4. The van der Waals surface area contributed by atoms with E-state index in [4.69, 9.17) is 14.6 Å². The molecular weight excluding hydrogens is 234 g/mol. The first-order valence-electron chi connectivity index (χ1n) is 5.88. The SMILES string of the molecule is COc1ccccc1C1CNC(C(=O)O)C(C)O1. The van der Waals surface area contributed by atoms with Crippen molar-refractivity contribution in [2.75, 3.05) is 13.7 Å². The first-order chi connectivity index (χ1) is 8.63. The van der Waals surface area contributed by atoms with Crippen molar-refractivity contribution in [3.8, 4) is 5.75 Å². The molecule has 1 aliphatic heterocycles. The van der Waals surface area contributed by atoms with Crippen LogP contribution in [0.15, 0.2) is 24.3 Å². The Kier molecular flexibility index (Phi) is 3.84. The molecule has 0 aliphatic carbocycles. The lowest BCUT2D eigenvalue weighted by Crippen LogP contribution is -2.52. The summed E-state index contributed by atoms with van der Waals surface area (Å²) in [5.74, 6) is -0.133. The molecule has 1 aromatic rings. The summed E-state index contributed by atoms with van der Waals surface area (Å²) in [5, 5.41) is 12.0. The van der Waals surface area contributed by atoms with Gasteiger partial charge < -0.3 is 14.6 Å². The third-order valence-electron chi connectivity index (χ3n) is 3.12. The second-order valence-corrected chi connectivity index (χ2v) is 4.30. The Morgan fingerprint density at radius 2 is 2.22 bits per heavy atom. The van der Waals surface area contributed by atoms with Gasteiger partial charge in [-0.3, -0.25) is 10.1 Å². The zero-order chi connectivity index (χ0) is 13.1. The van der Waals surface area contributed by atoms with Gasteiger partial charge in [0.25, 0.3) is 0 Å². The number of para-hydroxylation sites is 1. The predicted molar refractivity (Wildman–Crippen MR) is 65.7 cm³/mol. The number of carboxylic acid groups (broad SMARTS) is 1. The van der Waals surface area contributed by atoms with Gasteiger partial charge in [0, 0.05) is 12.1 Å². The van der Waals surface area contributed by atoms with Crippen molar-refractivity contribution < 1.29 is 19.4 Å². The van der Waals surface area contributed by atoms with Crippen molar-refractivity contribution in [3.63, 3.8) is 0 Å². The van der Waals surface area contributed by atoms with E-state index in [-0.39, 0.29) is 12.2 Å². The molecule has 1 aliphatic rings. The van der Waals surface area contributed by atoms with Crippen molar-refractivity contribution >= 4 is 5.97 Å². The number of rotatable bonds is 3. The smallest absolute Gasteiger partial charge is 0.323 e. The highest BCUT2D eigenvalue weighted by Gasteiger charge is 2.34. The average Bonchev–Trinajstić information content (AvgIpc) is 2.38. The highest BCUT2D eigenvalue weighted by atomic mass is 16.5. The maximum Gasteiger partial charge on any atom is 0.323 e. The molecule has 0 radical (unpaired) electrons. The van der Waals surface area contributed by atoms with Crippen molar-refractivity contribution in [2.45, 2.75) is 25.2 Å². The second-order valence-electron chi connectivity index (χ2n) is 4.30. The van der Waals surface area contributed by atoms with Crippen LogP contribution in [0.1, 0.15) is 18.6 Å². The van der Waals surface area contributed by atoms with Gasteiger partial charge in [-0.25, -0.2) is 0 Å². The van der Waals surface area contributed by atoms with E-state index in [2.05, 4.69) is 5.32 Å². The molecule has 3 atom stereocenters. The van der Waals surface area contributed by atoms with Crippen LogP contribution in [-0.4, -0.2) is 36.9 Å². The van der Waals surface area contributed by atoms with E-state index in [9.17, 15) is 4.79 Å². The van der Waals surface area contributed by atoms with Gasteiger partial charge in [0.2, 0.25) is 0 Å². The molecule has 1 saturated heterocycles. The van der Waals surface area contributed by atoms with Crippen LogP contribution in [0.4, 0.5) is 0 Å². The van der Waals surface area contributed by atoms with Gasteiger partial charge in [0.05, 0.1) is 19.3 Å². The normalized spacial score (nSPS) is 27.8. The molecule has 0 bridgehead atoms. The number of carboxylic acids is 1. The fourth-order valence-corrected chi connectivity index (χ4v) is 2.19. The van der Waals surface area contributed by atoms with Crippen LogP contribution in [0.25, 0.3) is 0 Å². The molecule has 5 nitrogen and oxygen atoms in total. The van der Waals surface area contributed by atoms with Crippen molar-refractivity contribution in [1.82, 2.24) is 5.32 Å². The molecule has 1 fully saturated rings. The number of aliphatic carboxylic acids is 1. The summed E-state index contributed by atoms with van der Waals surface area (Å²) in [6.07, 6.45) is -0.571. The zero-order valence-electron chi connectivity index (χ0n) is 10.4. The van der Waals surface area contributed by atoms with Crippen LogP contribution in [0.5, 0.6) is 5.75 Å². The Morgan fingerprint density at radius 3 is 2.83 bits per heavy atom. The van der Waals surface area contributed by atoms with E-state index in [1.165, 1.54) is 0 Å². The Balaban J connectivity index is 2.15. The molecule has 3 unspecified atom stereocenters. The lowest BCUT2D eigenvalue weighted by atomic mass is 10.0. The molecule has 0 amide bonds. The van der Waals surface area contributed by atoms with Crippen molar-refractivity contribution in [2.24, 2.45) is 0 Å². The van der Waals surface area contributed by atoms with Crippen LogP contribution in [0.3, 0.4) is 0 Å². The molecule has 1 aromatic carbocycles. The highest BCUT2D eigenvalue weighted by molar-refractivity contribution is 5.74. The van der Waals surface area contributed by atoms with Crippen LogP contribution < -0.4 is 10.1 Å². The van der Waals surface area contributed by atoms with Gasteiger partial charge in [-0.1, -0.05) is 18.2 Å². The molecule has 2 rings (SSSR count). The third-order valence-corrected chi connectivity index (χ3v) is 3.12. The quantitative estimate of drug-likeness (QED) is 0.844. The van der Waals surface area contributed by atoms with E-state index in [0.717, 1.165) is 11.3 Å². The predicted octanol–water partition coefficient (Wildman–Crippen LogP) is 1.20. The highest BCUT2D eigenvalue weighted by Crippen LogP contribution is 2.30. The van der Waals surface area contributed by atoms with E-state index in [1.54, 1.807) is 14.0 Å². The van der Waals surface area contributed by atoms with Gasteiger partial charge in [0.1, 0.15) is 11.8 Å². The molecular formula is C13H17NO4. The topological polar surface area (TPSA) is 67.8 Å². The second kappa shape index (κ2) is 5.37. The summed E-state index contributed by atoms with van der Waals surface area (Å²) >= 11 is 0. The molecule has 5 heteroatoms. The molecule has 0 saturated carbocycles. The lowest BCUT2D eigenvalue weighted by Gasteiger charge is -2.34. The summed E-state index contributed by atoms with van der Waals surface area (Å²) in [7, 11) is 1.61. The largest absolute Gasteiger partial charge is 0.496 e. The van der Waals surface area contributed by atoms with Crippen molar-refractivity contribution in [3.05, 3.63) is 29.8 Å². The number of hydrogen-bond donors (Lipinski definition) is 2. The minimum Gasteiger partial charge on any atom is -0.496 e. The number of methoxy groups -OCH3 is 1. The van der Waals surface area contributed by atoms with E-state index in [1.807, 2.05) is 24.3 Å². The molecule has 98 valence electrons. The van der Waals surface area contributed by atoms with Gasteiger partial charge in [-0.15, -0.1) is 0 Å². The summed E-state index contributed by atoms with van der Waals surface area (Å²) in [6, 6.07) is 6.94. The number of nitrogens with one attached hydrogen (secondary N) is 1. The summed E-state index contributed by atoms with van der Waals surface area (Å²) in [5.41, 5.74) is 0.934. The summed E-state index contributed by atoms with van der Waals surface area (Å²) < 4.78 is 11.0. The van der Waals surface area contributed by atoms with Gasteiger partial charge >= 0.3 is 5.97 Å². The van der Waals surface area contributed by atoms with Crippen molar-refractivity contribution in [1.29, 1.82) is 0 Å². The van der Waals surface area contributed by atoms with Crippen LogP contribution in [0.2, 0.25) is 0 Å². The molecule has 1 heterocycles. The Labute approximate surface area is 106 Å². The Hall–Kier alpha value is -1.59. The maximum absolute atomic E-state index is 11.0. The molecule has 0 spiro atoms. The zero-order valence-corrected chi connectivity index (χ0v) is 10.4. The van der Waals surface area contributed by atoms with Gasteiger partial charge in [-0.2, -0.15) is 0 Å². The fourth-order valence-electron chi connectivity index (χ4n) is 2.19. The average molecular weight is 251 g/mol. The standard InChI is InChI=1S/C13H17NO4/c1-8-12(13(15)16)14-7-11(18-8)9-5-3-4-6-10(9)17-2/h3-6,8,11-12,14H,7H2,1-2H3,(H,15,16). The Morgan fingerprint density at radius 1 is 1.50 bits per heavy atom. The van der Waals surface area contributed by atoms with E-state index in [0.29, 0.717) is 6.54 Å². The fraction of sp³-hybridized carbons (Fsp3) is 0.462. The number of benzene rings is 1. The lowest BCUT2D eigenvalue weighted by molar-refractivity contribution is -0.149. The molecule has 2 N–H and O–H groups in total.